The molecule has 0 spiro atoms. The quantitative estimate of drug-likeness (QED) is 0.274. The second kappa shape index (κ2) is 12.8. The van der Waals surface area contributed by atoms with E-state index in [1.165, 1.54) is 44.8 Å². The third-order valence-corrected chi connectivity index (χ3v) is 9.65. The summed E-state index contributed by atoms with van der Waals surface area (Å²) in [5.41, 5.74) is 1.65. The first kappa shape index (κ1) is 29.4. The van der Waals surface area contributed by atoms with Gasteiger partial charge in [-0.3, -0.25) is 14.7 Å². The van der Waals surface area contributed by atoms with Gasteiger partial charge in [0.05, 0.1) is 35.0 Å². The van der Waals surface area contributed by atoms with Crippen molar-refractivity contribution >= 4 is 48.7 Å². The van der Waals surface area contributed by atoms with Crippen molar-refractivity contribution < 1.29 is 27.5 Å². The molecule has 0 radical (unpaired) electrons. The van der Waals surface area contributed by atoms with Crippen LogP contribution in [0.4, 0.5) is 9.93 Å². The molecule has 0 atom stereocenters. The highest BCUT2D eigenvalue weighted by Crippen LogP contribution is 2.35. The van der Waals surface area contributed by atoms with Crippen LogP contribution in [0.2, 0.25) is 0 Å². The van der Waals surface area contributed by atoms with Crippen LogP contribution in [-0.4, -0.2) is 79.0 Å². The van der Waals surface area contributed by atoms with Gasteiger partial charge in [-0.25, -0.2) is 18.2 Å². The number of aromatic nitrogens is 2. The molecule has 2 amide bonds. The third-order valence-electron chi connectivity index (χ3n) is 6.70. The third kappa shape index (κ3) is 6.22. The molecule has 42 heavy (non-hydrogen) atoms. The standard InChI is InChI=1S/C29H31N5O6S2/c1-3-39-24-9-7-10-25-26(24)31-28(41-25)34(20-22-8-5-6-15-30-22)27(35)21-11-13-23(14-12-21)42(37,38)33-18-16-32(17-19-33)29(36)40-4-2/h5-15H,3-4,16-20H2,1-2H3. The van der Waals surface area contributed by atoms with Crippen LogP contribution in [0.3, 0.4) is 0 Å². The molecule has 0 unspecified atom stereocenters. The Bertz CT molecular complexity index is 1650. The minimum atomic E-state index is -3.82. The van der Waals surface area contributed by atoms with Crippen molar-refractivity contribution in [3.63, 3.8) is 0 Å². The van der Waals surface area contributed by atoms with Crippen LogP contribution < -0.4 is 9.64 Å². The number of hydrogen-bond donors (Lipinski definition) is 0. The number of sulfonamides is 1. The number of fused-ring (bicyclic) bond motifs is 1. The van der Waals surface area contributed by atoms with E-state index >= 15 is 0 Å². The van der Waals surface area contributed by atoms with E-state index in [2.05, 4.69) is 4.98 Å². The first-order valence-corrected chi connectivity index (χ1v) is 15.8. The van der Waals surface area contributed by atoms with Crippen LogP contribution in [-0.2, 0) is 21.3 Å². The SMILES string of the molecule is CCOC(=O)N1CCN(S(=O)(=O)c2ccc(C(=O)N(Cc3ccccn3)c3nc4c(OCC)cccc4s3)cc2)CC1. The van der Waals surface area contributed by atoms with Crippen molar-refractivity contribution in [2.75, 3.05) is 44.3 Å². The molecule has 2 aromatic heterocycles. The first-order valence-electron chi connectivity index (χ1n) is 13.6. The zero-order valence-corrected chi connectivity index (χ0v) is 24.9. The number of piperazine rings is 1. The molecular formula is C29H31N5O6S2. The van der Waals surface area contributed by atoms with E-state index in [4.69, 9.17) is 14.5 Å². The highest BCUT2D eigenvalue weighted by molar-refractivity contribution is 7.89. The maximum Gasteiger partial charge on any atom is 0.409 e. The molecule has 0 N–H and O–H groups in total. The molecule has 1 fully saturated rings. The fourth-order valence-electron chi connectivity index (χ4n) is 4.58. The number of anilines is 1. The number of rotatable bonds is 9. The van der Waals surface area contributed by atoms with Crippen molar-refractivity contribution in [2.45, 2.75) is 25.3 Å². The molecule has 11 nitrogen and oxygen atoms in total. The van der Waals surface area contributed by atoms with Gasteiger partial charge in [-0.1, -0.05) is 23.5 Å². The largest absolute Gasteiger partial charge is 0.492 e. The molecule has 0 bridgehead atoms. The molecule has 1 aliphatic rings. The summed E-state index contributed by atoms with van der Waals surface area (Å²) < 4.78 is 39.6. The number of pyridine rings is 1. The monoisotopic (exact) mass is 609 g/mol. The summed E-state index contributed by atoms with van der Waals surface area (Å²) in [6, 6.07) is 17.0. The molecular weight excluding hydrogens is 578 g/mol. The average molecular weight is 610 g/mol. The van der Waals surface area contributed by atoms with E-state index in [0.717, 1.165) is 4.70 Å². The summed E-state index contributed by atoms with van der Waals surface area (Å²) in [4.78, 5) is 38.1. The number of ether oxygens (including phenoxy) is 2. The second-order valence-corrected chi connectivity index (χ2v) is 12.3. The van der Waals surface area contributed by atoms with E-state index in [-0.39, 0.29) is 50.1 Å². The van der Waals surface area contributed by atoms with Gasteiger partial charge >= 0.3 is 6.09 Å². The number of nitrogens with zero attached hydrogens (tertiary/aromatic N) is 5. The Morgan fingerprint density at radius 2 is 1.71 bits per heavy atom. The van der Waals surface area contributed by atoms with Crippen LogP contribution in [0, 0.1) is 0 Å². The van der Waals surface area contributed by atoms with Crippen molar-refractivity contribution in [3.05, 3.63) is 78.1 Å². The van der Waals surface area contributed by atoms with Gasteiger partial charge in [0, 0.05) is 37.9 Å². The van der Waals surface area contributed by atoms with E-state index in [1.54, 1.807) is 24.1 Å². The minimum Gasteiger partial charge on any atom is -0.492 e. The fourth-order valence-corrected chi connectivity index (χ4v) is 6.98. The van der Waals surface area contributed by atoms with E-state index in [1.807, 2.05) is 37.3 Å². The van der Waals surface area contributed by atoms with E-state index < -0.39 is 16.1 Å². The summed E-state index contributed by atoms with van der Waals surface area (Å²) >= 11 is 1.37. The normalized spacial score (nSPS) is 14.1. The summed E-state index contributed by atoms with van der Waals surface area (Å²) in [6.45, 7) is 5.33. The summed E-state index contributed by atoms with van der Waals surface area (Å²) in [5, 5.41) is 0.476. The lowest BCUT2D eigenvalue weighted by Gasteiger charge is -2.33. The van der Waals surface area contributed by atoms with Crippen LogP contribution in [0.5, 0.6) is 5.75 Å². The number of hydrogen-bond acceptors (Lipinski definition) is 9. The van der Waals surface area contributed by atoms with Gasteiger partial charge < -0.3 is 14.4 Å². The van der Waals surface area contributed by atoms with Crippen LogP contribution in [0.1, 0.15) is 29.9 Å². The van der Waals surface area contributed by atoms with Gasteiger partial charge in [0.15, 0.2) is 5.13 Å². The Labute approximate surface area is 248 Å². The number of carbonyl (C=O) groups excluding carboxylic acids is 2. The van der Waals surface area contributed by atoms with Crippen LogP contribution in [0.25, 0.3) is 10.2 Å². The molecule has 1 aliphatic heterocycles. The number of carbonyl (C=O) groups is 2. The first-order chi connectivity index (χ1) is 20.3. The summed E-state index contributed by atoms with van der Waals surface area (Å²) in [5.74, 6) is 0.296. The van der Waals surface area contributed by atoms with Gasteiger partial charge in [-0.05, 0) is 62.4 Å². The number of thiazole rings is 1. The van der Waals surface area contributed by atoms with Gasteiger partial charge in [-0.2, -0.15) is 4.31 Å². The number of amides is 2. The number of para-hydroxylation sites is 1. The lowest BCUT2D eigenvalue weighted by Crippen LogP contribution is -2.50. The second-order valence-electron chi connectivity index (χ2n) is 9.36. The van der Waals surface area contributed by atoms with Crippen molar-refractivity contribution in [2.24, 2.45) is 0 Å². The maximum atomic E-state index is 13.9. The van der Waals surface area contributed by atoms with Gasteiger partial charge in [0.2, 0.25) is 10.0 Å². The van der Waals surface area contributed by atoms with Crippen LogP contribution >= 0.6 is 11.3 Å². The predicted octanol–water partition coefficient (Wildman–Crippen LogP) is 4.40. The topological polar surface area (TPSA) is 122 Å². The fraction of sp³-hybridized carbons (Fsp3) is 0.310. The Morgan fingerprint density at radius 1 is 0.952 bits per heavy atom. The molecule has 13 heteroatoms. The lowest BCUT2D eigenvalue weighted by atomic mass is 10.2. The summed E-state index contributed by atoms with van der Waals surface area (Å²) in [6.07, 6.45) is 1.21. The highest BCUT2D eigenvalue weighted by Gasteiger charge is 2.31. The van der Waals surface area contributed by atoms with E-state index in [9.17, 15) is 18.0 Å². The molecule has 4 aromatic rings. The van der Waals surface area contributed by atoms with Gasteiger partial charge in [0.25, 0.3) is 5.91 Å². The molecule has 3 heterocycles. The molecule has 220 valence electrons. The smallest absolute Gasteiger partial charge is 0.409 e. The van der Waals surface area contributed by atoms with E-state index in [0.29, 0.717) is 34.3 Å². The van der Waals surface area contributed by atoms with Crippen molar-refractivity contribution in [3.8, 4) is 5.75 Å². The number of benzene rings is 2. The zero-order valence-electron chi connectivity index (χ0n) is 23.3. The summed E-state index contributed by atoms with van der Waals surface area (Å²) in [7, 11) is -3.82. The average Bonchev–Trinajstić information content (AvgIpc) is 3.46. The Hall–Kier alpha value is -4.07. The van der Waals surface area contributed by atoms with Crippen molar-refractivity contribution in [1.82, 2.24) is 19.2 Å². The highest BCUT2D eigenvalue weighted by atomic mass is 32.2. The van der Waals surface area contributed by atoms with Gasteiger partial charge in [-0.15, -0.1) is 0 Å². The predicted molar refractivity (Wildman–Crippen MR) is 159 cm³/mol. The molecule has 5 rings (SSSR count). The van der Waals surface area contributed by atoms with Crippen LogP contribution in [0.15, 0.2) is 71.8 Å². The molecule has 0 aliphatic carbocycles. The molecule has 2 aromatic carbocycles. The Balaban J connectivity index is 1.39. The maximum absolute atomic E-state index is 13.9. The minimum absolute atomic E-state index is 0.0706. The zero-order chi connectivity index (χ0) is 29.7. The van der Waals surface area contributed by atoms with Gasteiger partial charge in [0.1, 0.15) is 11.3 Å². The molecule has 1 saturated heterocycles. The lowest BCUT2D eigenvalue weighted by molar-refractivity contribution is 0.0933. The molecule has 0 saturated carbocycles. The Kier molecular flexibility index (Phi) is 9.00. The van der Waals surface area contributed by atoms with Crippen molar-refractivity contribution in [1.29, 1.82) is 0 Å². The Morgan fingerprint density at radius 3 is 2.38 bits per heavy atom.